The molecule has 0 aliphatic carbocycles. The summed E-state index contributed by atoms with van der Waals surface area (Å²) in [5, 5.41) is 12.3. The Hall–Kier alpha value is -4.40. The van der Waals surface area contributed by atoms with Gasteiger partial charge < -0.3 is 33.2 Å². The largest absolute Gasteiger partial charge is 0.460 e. The normalized spacial score (nSPS) is 22.8. The molecule has 0 saturated carbocycles. The van der Waals surface area contributed by atoms with Gasteiger partial charge in [-0.15, -0.1) is 0 Å². The Morgan fingerprint density at radius 2 is 1.37 bits per heavy atom. The smallest absolute Gasteiger partial charge is 0.413 e. The minimum atomic E-state index is -0.879. The van der Waals surface area contributed by atoms with Crippen LogP contribution in [-0.4, -0.2) is 92.8 Å². The quantitative estimate of drug-likeness (QED) is 0.153. The number of rotatable bonds is 15. The molecule has 52 heavy (non-hydrogen) atoms. The highest BCUT2D eigenvalue weighted by Gasteiger charge is 2.48. The number of carbonyl (C=O) groups excluding carboxylic acids is 1. The molecule has 13 nitrogen and oxygen atoms in total. The van der Waals surface area contributed by atoms with Crippen molar-refractivity contribution >= 4 is 6.09 Å². The van der Waals surface area contributed by atoms with Crippen LogP contribution in [-0.2, 0) is 54.8 Å². The Morgan fingerprint density at radius 3 is 1.94 bits per heavy atom. The molecule has 5 atom stereocenters. The lowest BCUT2D eigenvalue weighted by Crippen LogP contribution is -2.51. The number of aromatic nitrogens is 4. The van der Waals surface area contributed by atoms with Gasteiger partial charge in [0.2, 0.25) is 0 Å². The van der Waals surface area contributed by atoms with Crippen LogP contribution in [0.5, 0.6) is 6.01 Å². The SMILES string of the molecule is CC(C)(C)OC(=O)N1[C@@H](COc2nnnn2C[C@H]2O[C@H](COCc3ccccc3)[C@@H](OCc3ccccc3)[C@H]2OCc2ccccc2)COC1(C)C. The van der Waals surface area contributed by atoms with Crippen molar-refractivity contribution in [2.24, 2.45) is 0 Å². The molecule has 6 rings (SSSR count). The molecule has 2 aliphatic rings. The third-order valence-electron chi connectivity index (χ3n) is 8.79. The van der Waals surface area contributed by atoms with Gasteiger partial charge in [-0.05, 0) is 61.7 Å². The summed E-state index contributed by atoms with van der Waals surface area (Å²) in [6, 6.07) is 29.7. The van der Waals surface area contributed by atoms with Crippen LogP contribution in [0.4, 0.5) is 4.79 Å². The first-order chi connectivity index (χ1) is 25.1. The van der Waals surface area contributed by atoms with Gasteiger partial charge in [-0.3, -0.25) is 4.90 Å². The fourth-order valence-corrected chi connectivity index (χ4v) is 6.33. The topological polar surface area (TPSA) is 129 Å². The highest BCUT2D eigenvalue weighted by atomic mass is 16.6. The van der Waals surface area contributed by atoms with E-state index >= 15 is 0 Å². The van der Waals surface area contributed by atoms with Crippen LogP contribution in [0.25, 0.3) is 0 Å². The van der Waals surface area contributed by atoms with Crippen molar-refractivity contribution in [2.45, 2.75) is 103 Å². The minimum absolute atomic E-state index is 0.0846. The Labute approximate surface area is 305 Å². The van der Waals surface area contributed by atoms with Crippen LogP contribution >= 0.6 is 0 Å². The molecule has 3 heterocycles. The van der Waals surface area contributed by atoms with Gasteiger partial charge in [0, 0.05) is 0 Å². The van der Waals surface area contributed by atoms with Crippen molar-refractivity contribution in [3.63, 3.8) is 0 Å². The zero-order valence-corrected chi connectivity index (χ0v) is 30.5. The summed E-state index contributed by atoms with van der Waals surface area (Å²) >= 11 is 0. The molecule has 13 heteroatoms. The predicted molar refractivity (Wildman–Crippen MR) is 190 cm³/mol. The van der Waals surface area contributed by atoms with E-state index in [0.29, 0.717) is 19.8 Å². The average Bonchev–Trinajstić information content (AvgIpc) is 3.80. The summed E-state index contributed by atoms with van der Waals surface area (Å²) in [5.41, 5.74) is 1.57. The molecule has 0 N–H and O–H groups in total. The third kappa shape index (κ3) is 9.92. The molecular weight excluding hydrogens is 666 g/mol. The van der Waals surface area contributed by atoms with Crippen LogP contribution in [0.2, 0.25) is 0 Å². The van der Waals surface area contributed by atoms with Gasteiger partial charge in [-0.2, -0.15) is 4.68 Å². The molecule has 4 aromatic rings. The third-order valence-corrected chi connectivity index (χ3v) is 8.79. The van der Waals surface area contributed by atoms with E-state index in [2.05, 4.69) is 15.5 Å². The molecule has 278 valence electrons. The van der Waals surface area contributed by atoms with Crippen LogP contribution in [0.3, 0.4) is 0 Å². The highest BCUT2D eigenvalue weighted by Crippen LogP contribution is 2.32. The second-order valence-corrected chi connectivity index (χ2v) is 14.5. The molecule has 1 aromatic heterocycles. The number of hydrogen-bond donors (Lipinski definition) is 0. The number of nitrogens with zero attached hydrogens (tertiary/aromatic N) is 5. The Kier molecular flexibility index (Phi) is 12.2. The van der Waals surface area contributed by atoms with E-state index in [-0.39, 0.29) is 32.4 Å². The summed E-state index contributed by atoms with van der Waals surface area (Å²) in [7, 11) is 0. The maximum absolute atomic E-state index is 13.2. The maximum atomic E-state index is 13.2. The lowest BCUT2D eigenvalue weighted by molar-refractivity contribution is -0.0899. The number of ether oxygens (including phenoxy) is 7. The second kappa shape index (κ2) is 17.0. The van der Waals surface area contributed by atoms with Crippen molar-refractivity contribution in [1.29, 1.82) is 0 Å². The van der Waals surface area contributed by atoms with E-state index in [9.17, 15) is 4.79 Å². The van der Waals surface area contributed by atoms with Gasteiger partial charge in [-0.1, -0.05) is 96.1 Å². The number of amides is 1. The summed E-state index contributed by atoms with van der Waals surface area (Å²) < 4.78 is 45.4. The molecule has 0 radical (unpaired) electrons. The summed E-state index contributed by atoms with van der Waals surface area (Å²) in [6.45, 7) is 11.1. The first kappa shape index (κ1) is 37.4. The van der Waals surface area contributed by atoms with E-state index in [0.717, 1.165) is 16.7 Å². The van der Waals surface area contributed by atoms with E-state index < -0.39 is 47.9 Å². The number of hydrogen-bond acceptors (Lipinski definition) is 11. The zero-order chi connectivity index (χ0) is 36.6. The summed E-state index contributed by atoms with van der Waals surface area (Å²) in [6.07, 6.45) is -2.42. The Balaban J connectivity index is 1.19. The minimum Gasteiger partial charge on any atom is -0.460 e. The van der Waals surface area contributed by atoms with Crippen molar-refractivity contribution in [1.82, 2.24) is 25.1 Å². The molecule has 0 unspecified atom stereocenters. The number of carbonyl (C=O) groups is 1. The molecule has 0 bridgehead atoms. The fourth-order valence-electron chi connectivity index (χ4n) is 6.33. The van der Waals surface area contributed by atoms with Gasteiger partial charge >= 0.3 is 12.1 Å². The lowest BCUT2D eigenvalue weighted by atomic mass is 10.1. The van der Waals surface area contributed by atoms with Crippen molar-refractivity contribution < 1.29 is 38.0 Å². The van der Waals surface area contributed by atoms with Crippen LogP contribution in [0.1, 0.15) is 51.3 Å². The van der Waals surface area contributed by atoms with Gasteiger partial charge in [0.05, 0.1) is 45.6 Å². The first-order valence-electron chi connectivity index (χ1n) is 17.7. The second-order valence-electron chi connectivity index (χ2n) is 14.5. The van der Waals surface area contributed by atoms with E-state index in [1.807, 2.05) is 126 Å². The molecule has 3 aromatic carbocycles. The maximum Gasteiger partial charge on any atom is 0.413 e. The van der Waals surface area contributed by atoms with E-state index in [4.69, 9.17) is 33.2 Å². The molecule has 2 saturated heterocycles. The Morgan fingerprint density at radius 1 is 0.808 bits per heavy atom. The van der Waals surface area contributed by atoms with Crippen molar-refractivity contribution in [3.05, 3.63) is 108 Å². The monoisotopic (exact) mass is 715 g/mol. The van der Waals surface area contributed by atoms with Gasteiger partial charge in [0.15, 0.2) is 0 Å². The van der Waals surface area contributed by atoms with E-state index in [1.165, 1.54) is 0 Å². The molecule has 0 spiro atoms. The standard InChI is InChI=1S/C39H49N5O8/c1-38(2,3)52-37(45)44-31(26-50-39(44,4)5)25-49-36-40-41-42-43(36)21-32-34(47-23-29-17-11-7-12-18-29)35(48-24-30-19-13-8-14-20-30)33(51-32)27-46-22-28-15-9-6-10-16-28/h6-20,31-35H,21-27H2,1-5H3/t31-,32+,33+,34-,35+/m0/s1. The van der Waals surface area contributed by atoms with Gasteiger partial charge in [0.1, 0.15) is 42.3 Å². The molecule has 2 fully saturated rings. The zero-order valence-electron chi connectivity index (χ0n) is 30.5. The first-order valence-corrected chi connectivity index (χ1v) is 17.7. The van der Waals surface area contributed by atoms with E-state index in [1.54, 1.807) is 9.58 Å². The van der Waals surface area contributed by atoms with Gasteiger partial charge in [0.25, 0.3) is 0 Å². The fraction of sp³-hybridized carbons (Fsp3) is 0.487. The van der Waals surface area contributed by atoms with Crippen LogP contribution in [0, 0.1) is 0 Å². The molecular formula is C39H49N5O8. The Bertz CT molecular complexity index is 1690. The summed E-state index contributed by atoms with van der Waals surface area (Å²) in [5.74, 6) is 0. The number of benzene rings is 3. The highest BCUT2D eigenvalue weighted by molar-refractivity contribution is 5.69. The van der Waals surface area contributed by atoms with Crippen molar-refractivity contribution in [2.75, 3.05) is 19.8 Å². The average molecular weight is 716 g/mol. The summed E-state index contributed by atoms with van der Waals surface area (Å²) in [4.78, 5) is 14.7. The number of tetrazole rings is 1. The lowest BCUT2D eigenvalue weighted by Gasteiger charge is -2.34. The van der Waals surface area contributed by atoms with Crippen LogP contribution < -0.4 is 4.74 Å². The predicted octanol–water partition coefficient (Wildman–Crippen LogP) is 5.58. The molecule has 1 amide bonds. The molecule has 2 aliphatic heterocycles. The van der Waals surface area contributed by atoms with Gasteiger partial charge in [-0.25, -0.2) is 4.79 Å². The van der Waals surface area contributed by atoms with Crippen molar-refractivity contribution in [3.8, 4) is 6.01 Å². The van der Waals surface area contributed by atoms with Crippen LogP contribution in [0.15, 0.2) is 91.0 Å².